The van der Waals surface area contributed by atoms with E-state index in [-0.39, 0.29) is 23.5 Å². The second kappa shape index (κ2) is 12.2. The maximum Gasteiger partial charge on any atom is 0.508 e. The highest BCUT2D eigenvalue weighted by Gasteiger charge is 2.36. The molecule has 0 saturated heterocycles. The smallest absolute Gasteiger partial charge is 0.480 e. The van der Waals surface area contributed by atoms with Gasteiger partial charge >= 0.3 is 24.1 Å². The number of rotatable bonds is 10. The molecule has 33 heavy (non-hydrogen) atoms. The molecule has 0 saturated carbocycles. The average Bonchev–Trinajstić information content (AvgIpc) is 2.68. The van der Waals surface area contributed by atoms with E-state index in [0.717, 1.165) is 0 Å². The van der Waals surface area contributed by atoms with E-state index in [2.05, 4.69) is 0 Å². The first-order chi connectivity index (χ1) is 15.2. The van der Waals surface area contributed by atoms with E-state index in [9.17, 15) is 24.3 Å². The van der Waals surface area contributed by atoms with E-state index < -0.39 is 48.0 Å². The fourth-order valence-electron chi connectivity index (χ4n) is 3.06. The van der Waals surface area contributed by atoms with Crippen molar-refractivity contribution in [3.8, 4) is 11.5 Å². The van der Waals surface area contributed by atoms with Crippen LogP contribution >= 0.6 is 0 Å². The number of hydrogen-bond acceptors (Lipinski definition) is 9. The Balaban J connectivity index is 3.28. The van der Waals surface area contributed by atoms with Gasteiger partial charge in [0.2, 0.25) is 0 Å². The topological polar surface area (TPSA) is 151 Å². The summed E-state index contributed by atoms with van der Waals surface area (Å²) >= 11 is 0. The van der Waals surface area contributed by atoms with Crippen LogP contribution < -0.4 is 15.2 Å². The maximum absolute atomic E-state index is 12.2. The lowest BCUT2D eigenvalue weighted by Crippen LogP contribution is -2.43. The molecule has 0 amide bonds. The SMILES string of the molecule is CC(=O)Oc1ccc(C(C(C)C(C)OC(=O)OC(C)C(C)C)[C@H](N)C(=O)O)cc1OC(C)=O. The van der Waals surface area contributed by atoms with Crippen LogP contribution in [0.4, 0.5) is 4.79 Å². The number of hydrogen-bond donors (Lipinski definition) is 2. The second-order valence-corrected chi connectivity index (χ2v) is 8.28. The predicted molar refractivity (Wildman–Crippen MR) is 118 cm³/mol. The van der Waals surface area contributed by atoms with E-state index in [0.29, 0.717) is 5.56 Å². The average molecular weight is 468 g/mol. The molecule has 1 aromatic carbocycles. The first-order valence-corrected chi connectivity index (χ1v) is 10.6. The lowest BCUT2D eigenvalue weighted by molar-refractivity contribution is -0.140. The second-order valence-electron chi connectivity index (χ2n) is 8.28. The molecular formula is C23H33NO9. The third kappa shape index (κ3) is 8.38. The normalized spacial score (nSPS) is 15.5. The molecule has 1 aromatic rings. The fourth-order valence-corrected chi connectivity index (χ4v) is 3.06. The van der Waals surface area contributed by atoms with Gasteiger partial charge in [0.05, 0.1) is 0 Å². The van der Waals surface area contributed by atoms with Crippen molar-refractivity contribution in [2.75, 3.05) is 0 Å². The van der Waals surface area contributed by atoms with Gasteiger partial charge in [0.1, 0.15) is 18.2 Å². The van der Waals surface area contributed by atoms with E-state index >= 15 is 0 Å². The van der Waals surface area contributed by atoms with Crippen LogP contribution in [0.25, 0.3) is 0 Å². The summed E-state index contributed by atoms with van der Waals surface area (Å²) in [6, 6.07) is 2.91. The molecule has 0 radical (unpaired) electrons. The van der Waals surface area contributed by atoms with Gasteiger partial charge in [0.15, 0.2) is 11.5 Å². The maximum atomic E-state index is 12.2. The molecule has 3 N–H and O–H groups in total. The number of carbonyl (C=O) groups excluding carboxylic acids is 3. The van der Waals surface area contributed by atoms with Gasteiger partial charge in [0, 0.05) is 25.7 Å². The Morgan fingerprint density at radius 2 is 1.36 bits per heavy atom. The summed E-state index contributed by atoms with van der Waals surface area (Å²) in [5, 5.41) is 9.58. The van der Waals surface area contributed by atoms with Gasteiger partial charge < -0.3 is 29.8 Å². The quantitative estimate of drug-likeness (QED) is 0.387. The van der Waals surface area contributed by atoms with Gasteiger partial charge in [-0.15, -0.1) is 0 Å². The first kappa shape index (κ1) is 27.9. The summed E-state index contributed by atoms with van der Waals surface area (Å²) in [4.78, 5) is 46.8. The summed E-state index contributed by atoms with van der Waals surface area (Å²) in [6.07, 6.45) is -2.00. The molecule has 0 fully saturated rings. The molecule has 4 unspecified atom stereocenters. The van der Waals surface area contributed by atoms with Crippen molar-refractivity contribution in [2.24, 2.45) is 17.6 Å². The largest absolute Gasteiger partial charge is 0.508 e. The van der Waals surface area contributed by atoms with E-state index in [4.69, 9.17) is 24.7 Å². The fraction of sp³-hybridized carbons (Fsp3) is 0.565. The van der Waals surface area contributed by atoms with Crippen molar-refractivity contribution in [2.45, 2.75) is 72.6 Å². The molecule has 10 nitrogen and oxygen atoms in total. The molecular weight excluding hydrogens is 434 g/mol. The zero-order chi connectivity index (χ0) is 25.5. The molecule has 0 aliphatic heterocycles. The molecule has 0 aliphatic rings. The van der Waals surface area contributed by atoms with Gasteiger partial charge in [-0.2, -0.15) is 0 Å². The van der Waals surface area contributed by atoms with Crippen molar-refractivity contribution in [3.63, 3.8) is 0 Å². The van der Waals surface area contributed by atoms with Gasteiger partial charge in [0.25, 0.3) is 0 Å². The van der Waals surface area contributed by atoms with Gasteiger partial charge in [-0.05, 0) is 37.5 Å². The van der Waals surface area contributed by atoms with Crippen molar-refractivity contribution in [1.29, 1.82) is 0 Å². The third-order valence-electron chi connectivity index (χ3n) is 5.34. The Morgan fingerprint density at radius 3 is 1.85 bits per heavy atom. The van der Waals surface area contributed by atoms with E-state index in [1.807, 2.05) is 13.8 Å². The highest BCUT2D eigenvalue weighted by atomic mass is 16.7. The number of nitrogens with two attached hydrogens (primary N) is 1. The minimum atomic E-state index is -1.37. The van der Waals surface area contributed by atoms with Crippen LogP contribution in [0, 0.1) is 11.8 Å². The number of ether oxygens (including phenoxy) is 4. The van der Waals surface area contributed by atoms with Crippen LogP contribution in [0.15, 0.2) is 18.2 Å². The molecule has 0 spiro atoms. The lowest BCUT2D eigenvalue weighted by Gasteiger charge is -2.32. The number of carbonyl (C=O) groups is 4. The zero-order valence-electron chi connectivity index (χ0n) is 20.0. The third-order valence-corrected chi connectivity index (χ3v) is 5.34. The standard InChI is InChI=1S/C23H33NO9/c1-11(2)13(4)30-23(29)31-14(5)12(3)20(21(24)22(27)28)17-8-9-18(32-15(6)25)19(10-17)33-16(7)26/h8-14,20-21H,24H2,1-7H3,(H,27,28)/t12?,13?,14?,20?,21-/m0/s1. The summed E-state index contributed by atoms with van der Waals surface area (Å²) in [5.41, 5.74) is 6.38. The Labute approximate surface area is 193 Å². The minimum absolute atomic E-state index is 0.00713. The Hall–Kier alpha value is -3.14. The number of carboxylic acid groups (broad SMARTS) is 1. The van der Waals surface area contributed by atoms with Crippen LogP contribution in [-0.2, 0) is 23.9 Å². The van der Waals surface area contributed by atoms with E-state index in [1.54, 1.807) is 20.8 Å². The Bertz CT molecular complexity index is 867. The number of carboxylic acids is 1. The monoisotopic (exact) mass is 467 g/mol. The predicted octanol–water partition coefficient (Wildman–Crippen LogP) is 3.26. The van der Waals surface area contributed by atoms with Crippen molar-refractivity contribution < 1.29 is 43.2 Å². The summed E-state index contributed by atoms with van der Waals surface area (Å²) in [7, 11) is 0. The molecule has 5 atom stereocenters. The van der Waals surface area contributed by atoms with Crippen molar-refractivity contribution in [1.82, 2.24) is 0 Å². The van der Waals surface area contributed by atoms with E-state index in [1.165, 1.54) is 32.0 Å². The van der Waals surface area contributed by atoms with Crippen LogP contribution in [0.3, 0.4) is 0 Å². The van der Waals surface area contributed by atoms with Crippen LogP contribution in [0.5, 0.6) is 11.5 Å². The van der Waals surface area contributed by atoms with Gasteiger partial charge in [-0.3, -0.25) is 14.4 Å². The lowest BCUT2D eigenvalue weighted by atomic mass is 9.79. The minimum Gasteiger partial charge on any atom is -0.480 e. The number of benzene rings is 1. The zero-order valence-corrected chi connectivity index (χ0v) is 20.0. The Kier molecular flexibility index (Phi) is 10.3. The van der Waals surface area contributed by atoms with Crippen LogP contribution in [0.2, 0.25) is 0 Å². The summed E-state index contributed by atoms with van der Waals surface area (Å²) in [6.45, 7) is 11.2. The number of esters is 2. The highest BCUT2D eigenvalue weighted by molar-refractivity contribution is 5.76. The van der Waals surface area contributed by atoms with Crippen LogP contribution in [-0.4, -0.2) is 47.4 Å². The molecule has 10 heteroatoms. The first-order valence-electron chi connectivity index (χ1n) is 10.6. The van der Waals surface area contributed by atoms with Crippen LogP contribution in [0.1, 0.15) is 59.9 Å². The number of aliphatic carboxylic acids is 1. The summed E-state index contributed by atoms with van der Waals surface area (Å²) in [5.74, 6) is -3.97. The molecule has 0 aliphatic carbocycles. The Morgan fingerprint density at radius 1 is 0.848 bits per heavy atom. The summed E-state index contributed by atoms with van der Waals surface area (Å²) < 4.78 is 20.8. The van der Waals surface area contributed by atoms with Gasteiger partial charge in [-0.25, -0.2) is 4.79 Å². The molecule has 0 heterocycles. The molecule has 0 aromatic heterocycles. The van der Waals surface area contributed by atoms with Crippen molar-refractivity contribution >= 4 is 24.1 Å². The van der Waals surface area contributed by atoms with Gasteiger partial charge in [-0.1, -0.05) is 26.8 Å². The molecule has 1 rings (SSSR count). The van der Waals surface area contributed by atoms with Crippen molar-refractivity contribution in [3.05, 3.63) is 23.8 Å². The molecule has 184 valence electrons. The highest BCUT2D eigenvalue weighted by Crippen LogP contribution is 2.37. The molecule has 0 bridgehead atoms.